The zero-order chi connectivity index (χ0) is 22.1. The lowest BCUT2D eigenvalue weighted by atomic mass is 10.2. The van der Waals surface area contributed by atoms with Gasteiger partial charge < -0.3 is 19.4 Å². The first kappa shape index (κ1) is 20.5. The minimum absolute atomic E-state index is 0.134. The summed E-state index contributed by atoms with van der Waals surface area (Å²) in [7, 11) is 3.06. The number of nitrogens with one attached hydrogen (secondary N) is 1. The first-order valence-electron chi connectivity index (χ1n) is 9.97. The first-order valence-corrected chi connectivity index (χ1v) is 9.97. The summed E-state index contributed by atoms with van der Waals surface area (Å²) in [6.07, 6.45) is 0. The molecule has 2 aromatic carbocycles. The second-order valence-electron chi connectivity index (χ2n) is 7.65. The van der Waals surface area contributed by atoms with Gasteiger partial charge in [-0.3, -0.25) is 9.59 Å². The van der Waals surface area contributed by atoms with E-state index in [2.05, 4.69) is 24.3 Å². The van der Waals surface area contributed by atoms with Crippen molar-refractivity contribution >= 4 is 28.1 Å². The van der Waals surface area contributed by atoms with Gasteiger partial charge in [0.1, 0.15) is 17.0 Å². The van der Waals surface area contributed by atoms with Gasteiger partial charge in [0.25, 0.3) is 11.5 Å². The number of benzene rings is 2. The predicted octanol–water partition coefficient (Wildman–Crippen LogP) is 3.57. The van der Waals surface area contributed by atoms with Crippen molar-refractivity contribution in [2.75, 3.05) is 19.5 Å². The van der Waals surface area contributed by atoms with Crippen LogP contribution in [0.15, 0.2) is 53.3 Å². The van der Waals surface area contributed by atoms with Gasteiger partial charge in [0, 0.05) is 18.7 Å². The van der Waals surface area contributed by atoms with Crippen LogP contribution in [0.5, 0.6) is 11.5 Å². The molecule has 4 aromatic rings. The van der Waals surface area contributed by atoms with Gasteiger partial charge in [-0.05, 0) is 30.2 Å². The Morgan fingerprint density at radius 1 is 1.03 bits per heavy atom. The Labute approximate surface area is 179 Å². The number of carbonyl (C=O) groups is 1. The molecule has 0 aliphatic rings. The number of aromatic nitrogens is 3. The van der Waals surface area contributed by atoms with Crippen molar-refractivity contribution in [3.63, 3.8) is 0 Å². The number of nitrogens with zero attached hydrogens (tertiary/aromatic N) is 3. The summed E-state index contributed by atoms with van der Waals surface area (Å²) in [5.74, 6) is 0.903. The number of amides is 1. The zero-order valence-corrected chi connectivity index (χ0v) is 17.9. The molecule has 0 aliphatic heterocycles. The summed E-state index contributed by atoms with van der Waals surface area (Å²) in [5, 5.41) is 7.23. The monoisotopic (exact) mass is 420 g/mol. The number of ether oxygens (including phenoxy) is 2. The number of fused-ring (bicyclic) bond motifs is 3. The minimum Gasteiger partial charge on any atom is -0.497 e. The molecule has 2 aromatic heterocycles. The molecule has 160 valence electrons. The molecular weight excluding hydrogens is 396 g/mol. The lowest BCUT2D eigenvalue weighted by molar-refractivity contribution is 0.102. The summed E-state index contributed by atoms with van der Waals surface area (Å²) in [4.78, 5) is 26.2. The summed E-state index contributed by atoms with van der Waals surface area (Å²) in [6, 6.07) is 14.2. The van der Waals surface area contributed by atoms with Crippen LogP contribution in [-0.4, -0.2) is 34.3 Å². The zero-order valence-electron chi connectivity index (χ0n) is 17.9. The molecule has 1 N–H and O–H groups in total. The van der Waals surface area contributed by atoms with Crippen LogP contribution in [0.2, 0.25) is 0 Å². The van der Waals surface area contributed by atoms with Gasteiger partial charge in [0.05, 0.1) is 30.9 Å². The highest BCUT2D eigenvalue weighted by atomic mass is 16.5. The maximum Gasteiger partial charge on any atom is 0.277 e. The molecule has 0 radical (unpaired) electrons. The number of carbonyl (C=O) groups excluding carboxylic acids is 1. The quantitative estimate of drug-likeness (QED) is 0.515. The molecule has 0 unspecified atom stereocenters. The predicted molar refractivity (Wildman–Crippen MR) is 119 cm³/mol. The van der Waals surface area contributed by atoms with E-state index in [9.17, 15) is 9.59 Å². The van der Waals surface area contributed by atoms with Crippen LogP contribution >= 0.6 is 0 Å². The number of para-hydroxylation sites is 2. The van der Waals surface area contributed by atoms with Crippen molar-refractivity contribution in [1.29, 1.82) is 0 Å². The molecule has 8 nitrogen and oxygen atoms in total. The van der Waals surface area contributed by atoms with E-state index in [0.29, 0.717) is 29.2 Å². The van der Waals surface area contributed by atoms with Gasteiger partial charge in [0.15, 0.2) is 5.69 Å². The van der Waals surface area contributed by atoms with Gasteiger partial charge in [-0.2, -0.15) is 5.10 Å². The van der Waals surface area contributed by atoms with E-state index < -0.39 is 5.91 Å². The van der Waals surface area contributed by atoms with Crippen LogP contribution < -0.4 is 20.3 Å². The second-order valence-corrected chi connectivity index (χ2v) is 7.65. The van der Waals surface area contributed by atoms with Crippen molar-refractivity contribution in [2.45, 2.75) is 20.4 Å². The lowest BCUT2D eigenvalue weighted by Gasteiger charge is -2.13. The van der Waals surface area contributed by atoms with Crippen LogP contribution in [-0.2, 0) is 6.54 Å². The molecule has 31 heavy (non-hydrogen) atoms. The molecule has 0 fully saturated rings. The topological polar surface area (TPSA) is 86.9 Å². The van der Waals surface area contributed by atoms with Crippen molar-refractivity contribution in [3.8, 4) is 11.5 Å². The Bertz CT molecular complexity index is 1340. The minimum atomic E-state index is -0.450. The summed E-state index contributed by atoms with van der Waals surface area (Å²) >= 11 is 0. The van der Waals surface area contributed by atoms with E-state index in [-0.39, 0.29) is 17.2 Å². The molecule has 0 spiro atoms. The average molecular weight is 420 g/mol. The molecule has 8 heteroatoms. The first-order chi connectivity index (χ1) is 14.9. The number of anilines is 1. The number of hydrogen-bond acceptors (Lipinski definition) is 5. The third-order valence-electron chi connectivity index (χ3n) is 5.01. The highest BCUT2D eigenvalue weighted by Gasteiger charge is 2.19. The molecule has 0 bridgehead atoms. The van der Waals surface area contributed by atoms with Gasteiger partial charge in [-0.1, -0.05) is 26.0 Å². The Morgan fingerprint density at radius 2 is 1.77 bits per heavy atom. The highest BCUT2D eigenvalue weighted by molar-refractivity contribution is 6.04. The van der Waals surface area contributed by atoms with Crippen LogP contribution in [0.4, 0.5) is 5.69 Å². The molecule has 4 rings (SSSR count). The van der Waals surface area contributed by atoms with Gasteiger partial charge in [-0.25, -0.2) is 4.52 Å². The number of hydrogen-bond donors (Lipinski definition) is 1. The Hall–Kier alpha value is -3.81. The van der Waals surface area contributed by atoms with E-state index in [1.54, 1.807) is 29.9 Å². The number of methoxy groups -OCH3 is 2. The van der Waals surface area contributed by atoms with Gasteiger partial charge in [0.2, 0.25) is 0 Å². The molecule has 1 amide bonds. The fourth-order valence-corrected chi connectivity index (χ4v) is 3.59. The third-order valence-corrected chi connectivity index (χ3v) is 5.01. The second kappa shape index (κ2) is 8.14. The van der Waals surface area contributed by atoms with Crippen molar-refractivity contribution in [2.24, 2.45) is 5.92 Å². The van der Waals surface area contributed by atoms with E-state index in [1.807, 2.05) is 24.3 Å². The molecular formula is C23H24N4O4. The van der Waals surface area contributed by atoms with Crippen LogP contribution in [0.25, 0.3) is 16.6 Å². The van der Waals surface area contributed by atoms with Gasteiger partial charge >= 0.3 is 0 Å². The molecule has 0 atom stereocenters. The van der Waals surface area contributed by atoms with E-state index >= 15 is 0 Å². The van der Waals surface area contributed by atoms with Crippen LogP contribution in [0, 0.1) is 5.92 Å². The standard InChI is InChI=1S/C23H24N4O4/c1-14(2)13-26-18-7-5-6-8-19(18)27-20(23(26)29)12-17(25-27)22(28)24-16-11-15(30-3)9-10-21(16)31-4/h5-12,14H,13H2,1-4H3,(H,24,28). The largest absolute Gasteiger partial charge is 0.497 e. The SMILES string of the molecule is COc1ccc(OC)c(NC(=O)c2cc3c(=O)n(CC(C)C)c4ccccc4n3n2)c1. The van der Waals surface area contributed by atoms with Crippen molar-refractivity contribution in [1.82, 2.24) is 14.2 Å². The van der Waals surface area contributed by atoms with E-state index in [4.69, 9.17) is 9.47 Å². The van der Waals surface area contributed by atoms with E-state index in [0.717, 1.165) is 11.0 Å². The van der Waals surface area contributed by atoms with Gasteiger partial charge in [-0.15, -0.1) is 0 Å². The molecule has 2 heterocycles. The number of rotatable bonds is 6. The van der Waals surface area contributed by atoms with Crippen molar-refractivity contribution < 1.29 is 14.3 Å². The smallest absolute Gasteiger partial charge is 0.277 e. The van der Waals surface area contributed by atoms with E-state index in [1.165, 1.54) is 17.7 Å². The summed E-state index contributed by atoms with van der Waals surface area (Å²) < 4.78 is 13.8. The Balaban J connectivity index is 1.81. The average Bonchev–Trinajstić information content (AvgIpc) is 3.22. The van der Waals surface area contributed by atoms with Crippen LogP contribution in [0.3, 0.4) is 0 Å². The molecule has 0 saturated heterocycles. The maximum absolute atomic E-state index is 13.2. The highest BCUT2D eigenvalue weighted by Crippen LogP contribution is 2.29. The maximum atomic E-state index is 13.2. The summed E-state index contributed by atoms with van der Waals surface area (Å²) in [6.45, 7) is 4.69. The van der Waals surface area contributed by atoms with Crippen molar-refractivity contribution in [3.05, 3.63) is 64.6 Å². The molecule has 0 saturated carbocycles. The fraction of sp³-hybridized carbons (Fsp3) is 0.261. The Kier molecular flexibility index (Phi) is 5.37. The Morgan fingerprint density at radius 3 is 2.45 bits per heavy atom. The fourth-order valence-electron chi connectivity index (χ4n) is 3.59. The molecule has 0 aliphatic carbocycles. The third kappa shape index (κ3) is 3.72. The summed E-state index contributed by atoms with van der Waals surface area (Å²) in [5.41, 5.74) is 2.29. The normalized spacial score (nSPS) is 11.3. The lowest BCUT2D eigenvalue weighted by Crippen LogP contribution is -2.25. The van der Waals surface area contributed by atoms with Crippen LogP contribution in [0.1, 0.15) is 24.3 Å².